The lowest BCUT2D eigenvalue weighted by atomic mass is 10.1. The molecule has 5 heteroatoms. The van der Waals surface area contributed by atoms with E-state index in [2.05, 4.69) is 20.7 Å². The molecular weight excluding hydrogens is 288 g/mol. The molecule has 0 unspecified atom stereocenters. The number of carbonyl (C=O) groups is 1. The highest BCUT2D eigenvalue weighted by molar-refractivity contribution is 5.94. The molecule has 1 heterocycles. The van der Waals surface area contributed by atoms with Crippen molar-refractivity contribution in [3.63, 3.8) is 0 Å². The van der Waals surface area contributed by atoms with Crippen LogP contribution in [0.5, 0.6) is 0 Å². The molecule has 0 aliphatic rings. The summed E-state index contributed by atoms with van der Waals surface area (Å²) in [5.41, 5.74) is 6.62. The standard InChI is InChI=1S/C18H16N4O/c1-13-7-9-15(10-8-13)16-11-17(21-20-16)18(23)22-19-12-14-5-3-2-4-6-14/h2-12H,1H3,(H,20,21)(H,22,23)/b19-12+. The van der Waals surface area contributed by atoms with Crippen LogP contribution in [0.3, 0.4) is 0 Å². The number of carbonyl (C=O) groups excluding carboxylic acids is 1. The fourth-order valence-electron chi connectivity index (χ4n) is 2.08. The maximum Gasteiger partial charge on any atom is 0.289 e. The van der Waals surface area contributed by atoms with E-state index in [4.69, 9.17) is 0 Å². The maximum atomic E-state index is 12.0. The summed E-state index contributed by atoms with van der Waals surface area (Å²) in [6.07, 6.45) is 1.59. The molecule has 2 aromatic carbocycles. The average molecular weight is 304 g/mol. The molecule has 0 fully saturated rings. The van der Waals surface area contributed by atoms with Gasteiger partial charge in [-0.3, -0.25) is 9.89 Å². The van der Waals surface area contributed by atoms with Crippen molar-refractivity contribution in [1.82, 2.24) is 15.6 Å². The Labute approximate surface area is 134 Å². The van der Waals surface area contributed by atoms with Crippen molar-refractivity contribution in [1.29, 1.82) is 0 Å². The molecule has 5 nitrogen and oxygen atoms in total. The lowest BCUT2D eigenvalue weighted by molar-refractivity contribution is 0.0950. The van der Waals surface area contributed by atoms with Gasteiger partial charge in [-0.2, -0.15) is 10.2 Å². The number of nitrogens with one attached hydrogen (secondary N) is 2. The van der Waals surface area contributed by atoms with Gasteiger partial charge in [0.2, 0.25) is 0 Å². The molecule has 0 bridgehead atoms. The first-order chi connectivity index (χ1) is 11.2. The van der Waals surface area contributed by atoms with E-state index in [1.807, 2.05) is 61.5 Å². The summed E-state index contributed by atoms with van der Waals surface area (Å²) in [4.78, 5) is 12.0. The van der Waals surface area contributed by atoms with Gasteiger partial charge in [-0.25, -0.2) is 5.43 Å². The molecule has 0 saturated heterocycles. The van der Waals surface area contributed by atoms with Gasteiger partial charge in [0.15, 0.2) is 0 Å². The zero-order valence-electron chi connectivity index (χ0n) is 12.7. The van der Waals surface area contributed by atoms with Gasteiger partial charge in [0, 0.05) is 5.56 Å². The Morgan fingerprint density at radius 1 is 1.13 bits per heavy atom. The van der Waals surface area contributed by atoms with Crippen molar-refractivity contribution in [3.8, 4) is 11.3 Å². The third-order valence-corrected chi connectivity index (χ3v) is 3.35. The number of aromatic nitrogens is 2. The highest BCUT2D eigenvalue weighted by Gasteiger charge is 2.10. The van der Waals surface area contributed by atoms with Crippen molar-refractivity contribution in [2.24, 2.45) is 5.10 Å². The van der Waals surface area contributed by atoms with Gasteiger partial charge in [-0.1, -0.05) is 60.2 Å². The van der Waals surface area contributed by atoms with Crippen LogP contribution in [-0.2, 0) is 0 Å². The lowest BCUT2D eigenvalue weighted by Crippen LogP contribution is -2.17. The molecule has 3 aromatic rings. The third kappa shape index (κ3) is 3.71. The van der Waals surface area contributed by atoms with E-state index in [0.717, 1.165) is 16.8 Å². The number of aryl methyl sites for hydroxylation is 1. The second kappa shape index (κ2) is 6.70. The predicted octanol–water partition coefficient (Wildman–Crippen LogP) is 3.15. The van der Waals surface area contributed by atoms with Crippen molar-refractivity contribution < 1.29 is 4.79 Å². The van der Waals surface area contributed by atoms with Crippen LogP contribution in [0.4, 0.5) is 0 Å². The van der Waals surface area contributed by atoms with E-state index in [1.54, 1.807) is 12.3 Å². The zero-order chi connectivity index (χ0) is 16.1. The van der Waals surface area contributed by atoms with E-state index in [-0.39, 0.29) is 5.91 Å². The van der Waals surface area contributed by atoms with Crippen molar-refractivity contribution in [2.45, 2.75) is 6.92 Å². The summed E-state index contributed by atoms with van der Waals surface area (Å²) >= 11 is 0. The maximum absolute atomic E-state index is 12.0. The number of benzene rings is 2. The van der Waals surface area contributed by atoms with Crippen LogP contribution >= 0.6 is 0 Å². The van der Waals surface area contributed by atoms with Gasteiger partial charge in [-0.15, -0.1) is 0 Å². The molecule has 1 aromatic heterocycles. The Morgan fingerprint density at radius 2 is 1.87 bits per heavy atom. The zero-order valence-corrected chi connectivity index (χ0v) is 12.7. The van der Waals surface area contributed by atoms with Crippen LogP contribution in [0.1, 0.15) is 21.6 Å². The topological polar surface area (TPSA) is 70.1 Å². The van der Waals surface area contributed by atoms with Gasteiger partial charge in [0.1, 0.15) is 5.69 Å². The molecule has 0 aliphatic heterocycles. The molecule has 1 amide bonds. The molecule has 2 N–H and O–H groups in total. The normalized spacial score (nSPS) is 10.8. The van der Waals surface area contributed by atoms with Crippen LogP contribution in [0.2, 0.25) is 0 Å². The number of amides is 1. The summed E-state index contributed by atoms with van der Waals surface area (Å²) in [6, 6.07) is 19.2. The second-order valence-corrected chi connectivity index (χ2v) is 5.14. The number of hydrogen-bond acceptors (Lipinski definition) is 3. The summed E-state index contributed by atoms with van der Waals surface area (Å²) in [5, 5.41) is 10.8. The molecule has 114 valence electrons. The van der Waals surface area contributed by atoms with Crippen LogP contribution in [0.25, 0.3) is 11.3 Å². The number of H-pyrrole nitrogens is 1. The number of aromatic amines is 1. The highest BCUT2D eigenvalue weighted by atomic mass is 16.2. The molecule has 0 spiro atoms. The fraction of sp³-hybridized carbons (Fsp3) is 0.0556. The molecule has 0 aliphatic carbocycles. The molecule has 0 atom stereocenters. The number of nitrogens with zero attached hydrogens (tertiary/aromatic N) is 2. The van der Waals surface area contributed by atoms with E-state index < -0.39 is 0 Å². The van der Waals surface area contributed by atoms with Crippen LogP contribution in [0, 0.1) is 6.92 Å². The van der Waals surface area contributed by atoms with Crippen molar-refractivity contribution >= 4 is 12.1 Å². The molecule has 0 saturated carbocycles. The van der Waals surface area contributed by atoms with Gasteiger partial charge in [0.25, 0.3) is 5.91 Å². The highest BCUT2D eigenvalue weighted by Crippen LogP contribution is 2.18. The van der Waals surface area contributed by atoms with Crippen LogP contribution in [-0.4, -0.2) is 22.3 Å². The van der Waals surface area contributed by atoms with Gasteiger partial charge >= 0.3 is 0 Å². The largest absolute Gasteiger partial charge is 0.289 e. The summed E-state index contributed by atoms with van der Waals surface area (Å²) in [5.74, 6) is -0.331. The summed E-state index contributed by atoms with van der Waals surface area (Å²) in [7, 11) is 0. The molecule has 3 rings (SSSR count). The Bertz CT molecular complexity index is 820. The van der Waals surface area contributed by atoms with Crippen molar-refractivity contribution in [2.75, 3.05) is 0 Å². The Kier molecular flexibility index (Phi) is 4.29. The Morgan fingerprint density at radius 3 is 2.61 bits per heavy atom. The summed E-state index contributed by atoms with van der Waals surface area (Å²) < 4.78 is 0. The first-order valence-electron chi connectivity index (χ1n) is 7.23. The quantitative estimate of drug-likeness (QED) is 0.574. The van der Waals surface area contributed by atoms with E-state index in [1.165, 1.54) is 5.56 Å². The van der Waals surface area contributed by atoms with Crippen LogP contribution in [0.15, 0.2) is 65.8 Å². The third-order valence-electron chi connectivity index (χ3n) is 3.35. The van der Waals surface area contributed by atoms with Crippen molar-refractivity contribution in [3.05, 3.63) is 77.5 Å². The Balaban J connectivity index is 1.67. The first kappa shape index (κ1) is 14.7. The Hall–Kier alpha value is -3.21. The van der Waals surface area contributed by atoms with Gasteiger partial charge in [-0.05, 0) is 18.6 Å². The monoisotopic (exact) mass is 304 g/mol. The molecule has 23 heavy (non-hydrogen) atoms. The average Bonchev–Trinajstić information content (AvgIpc) is 3.06. The van der Waals surface area contributed by atoms with Crippen LogP contribution < -0.4 is 5.43 Å². The van der Waals surface area contributed by atoms with E-state index >= 15 is 0 Å². The van der Waals surface area contributed by atoms with E-state index in [9.17, 15) is 4.79 Å². The minimum absolute atomic E-state index is 0.331. The fourth-order valence-corrected chi connectivity index (χ4v) is 2.08. The van der Waals surface area contributed by atoms with E-state index in [0.29, 0.717) is 5.69 Å². The second-order valence-electron chi connectivity index (χ2n) is 5.14. The number of hydrogen-bond donors (Lipinski definition) is 2. The minimum Gasteiger partial charge on any atom is -0.272 e. The molecule has 0 radical (unpaired) electrons. The predicted molar refractivity (Wildman–Crippen MR) is 90.3 cm³/mol. The SMILES string of the molecule is Cc1ccc(-c2cc(C(=O)N/N=C/c3ccccc3)[nH]n2)cc1. The summed E-state index contributed by atoms with van der Waals surface area (Å²) in [6.45, 7) is 2.03. The lowest BCUT2D eigenvalue weighted by Gasteiger charge is -1.96. The van der Waals surface area contributed by atoms with Gasteiger partial charge < -0.3 is 0 Å². The molecular formula is C18H16N4O. The first-order valence-corrected chi connectivity index (χ1v) is 7.23. The number of rotatable bonds is 4. The smallest absolute Gasteiger partial charge is 0.272 e. The number of hydrazone groups is 1. The van der Waals surface area contributed by atoms with Gasteiger partial charge in [0.05, 0.1) is 11.9 Å². The minimum atomic E-state index is -0.331.